The van der Waals surface area contributed by atoms with E-state index in [1.165, 1.54) is 14.0 Å². The van der Waals surface area contributed by atoms with Crippen molar-refractivity contribution < 1.29 is 33.3 Å². The second kappa shape index (κ2) is 10.9. The predicted octanol–water partition coefficient (Wildman–Crippen LogP) is 2.51. The molecule has 0 fully saturated rings. The van der Waals surface area contributed by atoms with Crippen molar-refractivity contribution in [1.82, 2.24) is 5.32 Å². The third-order valence-electron chi connectivity index (χ3n) is 4.42. The summed E-state index contributed by atoms with van der Waals surface area (Å²) in [6.45, 7) is 1.78. The Kier molecular flexibility index (Phi) is 8.34. The Morgan fingerprint density at radius 2 is 1.57 bits per heavy atom. The van der Waals surface area contributed by atoms with Gasteiger partial charge in [0.25, 0.3) is 5.91 Å². The number of amides is 1. The highest BCUT2D eigenvalue weighted by Crippen LogP contribution is 2.27. The zero-order valence-corrected chi connectivity index (χ0v) is 17.8. The number of carbonyl (C=O) groups is 2. The van der Waals surface area contributed by atoms with Crippen LogP contribution in [0, 0.1) is 0 Å². The van der Waals surface area contributed by atoms with Gasteiger partial charge in [-0.25, -0.2) is 0 Å². The number of ether oxygens (including phenoxy) is 5. The molecular formula is C22H27NO7. The summed E-state index contributed by atoms with van der Waals surface area (Å²) in [4.78, 5) is 24.6. The smallest absolute Gasteiger partial charge is 0.311 e. The number of hydrogen-bond donors (Lipinski definition) is 1. The summed E-state index contributed by atoms with van der Waals surface area (Å²) >= 11 is 0. The van der Waals surface area contributed by atoms with E-state index >= 15 is 0 Å². The topological polar surface area (TPSA) is 92.3 Å². The molecule has 2 aromatic carbocycles. The lowest BCUT2D eigenvalue weighted by Gasteiger charge is -2.15. The first-order chi connectivity index (χ1) is 14.4. The van der Waals surface area contributed by atoms with Gasteiger partial charge in [-0.2, -0.15) is 0 Å². The van der Waals surface area contributed by atoms with Crippen LogP contribution in [0.3, 0.4) is 0 Å². The average molecular weight is 417 g/mol. The number of methoxy groups -OCH3 is 4. The van der Waals surface area contributed by atoms with Crippen LogP contribution < -0.4 is 24.3 Å². The van der Waals surface area contributed by atoms with Crippen molar-refractivity contribution in [2.75, 3.05) is 28.4 Å². The molecular weight excluding hydrogens is 390 g/mol. The van der Waals surface area contributed by atoms with Crippen LogP contribution in [-0.2, 0) is 27.3 Å². The Labute approximate surface area is 176 Å². The summed E-state index contributed by atoms with van der Waals surface area (Å²) in [5.41, 5.74) is 1.46. The molecule has 1 atom stereocenters. The molecule has 1 N–H and O–H groups in total. The van der Waals surface area contributed by atoms with Gasteiger partial charge < -0.3 is 29.0 Å². The number of carbonyl (C=O) groups excluding carboxylic acids is 2. The van der Waals surface area contributed by atoms with Crippen LogP contribution >= 0.6 is 0 Å². The van der Waals surface area contributed by atoms with E-state index in [9.17, 15) is 9.59 Å². The van der Waals surface area contributed by atoms with Crippen molar-refractivity contribution in [2.45, 2.75) is 26.0 Å². The maximum Gasteiger partial charge on any atom is 0.311 e. The summed E-state index contributed by atoms with van der Waals surface area (Å²) in [5.74, 6) is 1.36. The number of benzene rings is 2. The molecule has 8 nitrogen and oxygen atoms in total. The van der Waals surface area contributed by atoms with Crippen LogP contribution in [0.4, 0.5) is 0 Å². The quantitative estimate of drug-likeness (QED) is 0.594. The lowest BCUT2D eigenvalue weighted by Crippen LogP contribution is -2.35. The van der Waals surface area contributed by atoms with Crippen LogP contribution in [0.5, 0.6) is 23.0 Å². The van der Waals surface area contributed by atoms with E-state index in [-0.39, 0.29) is 13.0 Å². The fourth-order valence-electron chi connectivity index (χ4n) is 2.77. The molecule has 1 unspecified atom stereocenters. The lowest BCUT2D eigenvalue weighted by atomic mass is 10.1. The molecule has 0 aliphatic rings. The maximum atomic E-state index is 12.3. The molecule has 0 radical (unpaired) electrons. The Balaban J connectivity index is 1.90. The number of rotatable bonds is 10. The first-order valence-electron chi connectivity index (χ1n) is 9.30. The molecule has 0 spiro atoms. The van der Waals surface area contributed by atoms with Crippen molar-refractivity contribution in [1.29, 1.82) is 0 Å². The average Bonchev–Trinajstić information content (AvgIpc) is 2.77. The number of nitrogens with one attached hydrogen (secondary N) is 1. The van der Waals surface area contributed by atoms with Crippen molar-refractivity contribution in [2.24, 2.45) is 0 Å². The minimum absolute atomic E-state index is 0.0273. The highest BCUT2D eigenvalue weighted by molar-refractivity contribution is 5.84. The van der Waals surface area contributed by atoms with Crippen molar-refractivity contribution in [3.63, 3.8) is 0 Å². The zero-order chi connectivity index (χ0) is 22.1. The van der Waals surface area contributed by atoms with Gasteiger partial charge >= 0.3 is 5.97 Å². The predicted molar refractivity (Wildman–Crippen MR) is 110 cm³/mol. The minimum Gasteiger partial charge on any atom is -0.497 e. The van der Waals surface area contributed by atoms with Gasteiger partial charge in [-0.3, -0.25) is 9.59 Å². The molecule has 8 heteroatoms. The molecule has 0 heterocycles. The summed E-state index contributed by atoms with van der Waals surface area (Å²) in [7, 11) is 6.15. The minimum atomic E-state index is -0.943. The summed E-state index contributed by atoms with van der Waals surface area (Å²) in [6, 6.07) is 10.5. The van der Waals surface area contributed by atoms with E-state index in [4.69, 9.17) is 23.7 Å². The van der Waals surface area contributed by atoms with Gasteiger partial charge in [-0.1, -0.05) is 12.1 Å². The molecule has 1 amide bonds. The van der Waals surface area contributed by atoms with E-state index in [0.717, 1.165) is 5.56 Å². The van der Waals surface area contributed by atoms with E-state index in [1.54, 1.807) is 51.7 Å². The molecule has 2 aromatic rings. The van der Waals surface area contributed by atoms with Gasteiger partial charge in [0.1, 0.15) is 11.5 Å². The van der Waals surface area contributed by atoms with E-state index in [1.807, 2.05) is 6.07 Å². The van der Waals surface area contributed by atoms with Gasteiger partial charge in [0.05, 0.1) is 34.9 Å². The van der Waals surface area contributed by atoms with Crippen LogP contribution in [0.15, 0.2) is 36.4 Å². The molecule has 2 rings (SSSR count). The Hall–Kier alpha value is -3.42. The number of esters is 1. The van der Waals surface area contributed by atoms with Gasteiger partial charge in [0.2, 0.25) is 0 Å². The van der Waals surface area contributed by atoms with Crippen molar-refractivity contribution in [3.8, 4) is 23.0 Å². The van der Waals surface area contributed by atoms with E-state index < -0.39 is 18.0 Å². The first kappa shape index (κ1) is 22.9. The summed E-state index contributed by atoms with van der Waals surface area (Å²) in [5, 5.41) is 2.74. The first-order valence-corrected chi connectivity index (χ1v) is 9.30. The molecule has 162 valence electrons. The zero-order valence-electron chi connectivity index (χ0n) is 17.8. The largest absolute Gasteiger partial charge is 0.497 e. The maximum absolute atomic E-state index is 12.3. The molecule has 0 aliphatic heterocycles. The van der Waals surface area contributed by atoms with Crippen LogP contribution in [0.25, 0.3) is 0 Å². The normalized spacial score (nSPS) is 11.2. The molecule has 0 saturated heterocycles. The van der Waals surface area contributed by atoms with Gasteiger partial charge in [0, 0.05) is 18.2 Å². The fourth-order valence-corrected chi connectivity index (χ4v) is 2.77. The SMILES string of the molecule is COc1ccc(CC(=O)OC(C)C(=O)NCc2ccc(OC)c(OC)c2)c(OC)c1. The molecule has 30 heavy (non-hydrogen) atoms. The molecule has 0 aliphatic carbocycles. The van der Waals surface area contributed by atoms with Gasteiger partial charge in [0.15, 0.2) is 17.6 Å². The summed E-state index contributed by atoms with van der Waals surface area (Å²) < 4.78 is 26.1. The molecule has 0 bridgehead atoms. The van der Waals surface area contributed by atoms with Crippen molar-refractivity contribution >= 4 is 11.9 Å². The fraction of sp³-hybridized carbons (Fsp3) is 0.364. The van der Waals surface area contributed by atoms with Crippen molar-refractivity contribution in [3.05, 3.63) is 47.5 Å². The Morgan fingerprint density at radius 3 is 2.20 bits per heavy atom. The standard InChI is InChI=1S/C22H27NO7/c1-14(22(25)23-13-15-6-9-18(27-3)20(10-15)29-5)30-21(24)11-16-7-8-17(26-2)12-19(16)28-4/h6-10,12,14H,11,13H2,1-5H3,(H,23,25). The van der Waals surface area contributed by atoms with E-state index in [2.05, 4.69) is 5.32 Å². The van der Waals surface area contributed by atoms with E-state index in [0.29, 0.717) is 28.6 Å². The second-order valence-corrected chi connectivity index (χ2v) is 6.39. The third-order valence-corrected chi connectivity index (χ3v) is 4.42. The molecule has 0 saturated carbocycles. The number of hydrogen-bond acceptors (Lipinski definition) is 7. The lowest BCUT2D eigenvalue weighted by molar-refractivity contribution is -0.154. The highest BCUT2D eigenvalue weighted by atomic mass is 16.5. The van der Waals surface area contributed by atoms with Gasteiger partial charge in [-0.05, 0) is 30.7 Å². The van der Waals surface area contributed by atoms with Gasteiger partial charge in [-0.15, -0.1) is 0 Å². The van der Waals surface area contributed by atoms with Crippen LogP contribution in [0.2, 0.25) is 0 Å². The second-order valence-electron chi connectivity index (χ2n) is 6.39. The monoisotopic (exact) mass is 417 g/mol. The summed E-state index contributed by atoms with van der Waals surface area (Å²) in [6.07, 6.45) is -0.970. The Bertz CT molecular complexity index is 882. The molecule has 0 aromatic heterocycles. The van der Waals surface area contributed by atoms with Crippen LogP contribution in [0.1, 0.15) is 18.1 Å². The highest BCUT2D eigenvalue weighted by Gasteiger charge is 2.19. The third kappa shape index (κ3) is 6.04. The Morgan fingerprint density at radius 1 is 0.867 bits per heavy atom. The van der Waals surface area contributed by atoms with Crippen LogP contribution in [-0.4, -0.2) is 46.4 Å².